The average molecular weight is 1030 g/mol. The third kappa shape index (κ3) is 12.6. The summed E-state index contributed by atoms with van der Waals surface area (Å²) in [6, 6.07) is 24.6. The van der Waals surface area contributed by atoms with Crippen molar-refractivity contribution >= 4 is 34.9 Å². The van der Waals surface area contributed by atoms with E-state index in [-0.39, 0.29) is 29.5 Å². The summed E-state index contributed by atoms with van der Waals surface area (Å²) in [7, 11) is -6.08. The Morgan fingerprint density at radius 2 is 0.918 bits per heavy atom. The molecule has 0 amide bonds. The van der Waals surface area contributed by atoms with Gasteiger partial charge in [-0.15, -0.1) is 0 Å². The molecule has 12 heteroatoms. The summed E-state index contributed by atoms with van der Waals surface area (Å²) >= 11 is 0. The third-order valence-corrected chi connectivity index (χ3v) is 18.1. The van der Waals surface area contributed by atoms with E-state index < -0.39 is 32.2 Å². The fraction of sp³-hybridized carbons (Fsp3) is 0.541. The first-order chi connectivity index (χ1) is 34.1. The second kappa shape index (κ2) is 22.6. The molecule has 0 radical (unpaired) electrons. The van der Waals surface area contributed by atoms with Crippen molar-refractivity contribution in [3.63, 3.8) is 0 Å². The summed E-state index contributed by atoms with van der Waals surface area (Å²) in [5, 5.41) is 21.7. The van der Waals surface area contributed by atoms with Gasteiger partial charge in [0.05, 0.1) is 22.4 Å². The Hall–Kier alpha value is -4.20. The van der Waals surface area contributed by atoms with Gasteiger partial charge in [0.25, 0.3) is 0 Å². The van der Waals surface area contributed by atoms with Crippen LogP contribution in [0.15, 0.2) is 84.9 Å². The zero-order chi connectivity index (χ0) is 53.8. The van der Waals surface area contributed by atoms with Gasteiger partial charge in [0.1, 0.15) is 5.75 Å². The van der Waals surface area contributed by atoms with Gasteiger partial charge in [-0.05, 0) is 168 Å². The van der Waals surface area contributed by atoms with Crippen LogP contribution in [0.2, 0.25) is 0 Å². The van der Waals surface area contributed by atoms with E-state index in [4.69, 9.17) is 9.31 Å². The molecule has 0 atom stereocenters. The first-order valence-electron chi connectivity index (χ1n) is 26.8. The quantitative estimate of drug-likeness (QED) is 0.0695. The van der Waals surface area contributed by atoms with Crippen LogP contribution in [0, 0.1) is 27.7 Å². The van der Waals surface area contributed by atoms with Gasteiger partial charge < -0.3 is 23.7 Å². The Balaban J connectivity index is 0.000000238. The standard InChI is InChI=1S/C33H47BO3.C28H35F3O4S/c1-9-33(10-2,27-15-14-26(24(3)22-27)18-21-32(35)19-12-11-13-20-32)28-16-17-29(25(4)23-28)34-36-30(5,6)31(7,8)37-34;1-5-27(6-2,24-12-13-25(21(4)19-24)35-36(33,34)28(29,30)31)23-11-10-22(20(3)18-23)14-17-26(32)15-8-7-9-16-26/h14-18,21-23,35H,9-13,19-20H2,1-8H3;10-14,17-19,32H,5-9,15-16H2,1-4H3/b21-18+;17-14+. The van der Waals surface area contributed by atoms with Gasteiger partial charge in [-0.3, -0.25) is 0 Å². The molecule has 4 aromatic rings. The average Bonchev–Trinajstić information content (AvgIpc) is 3.55. The van der Waals surface area contributed by atoms with Crippen LogP contribution in [-0.2, 0) is 30.3 Å². The molecule has 0 aromatic heterocycles. The number of aryl methyl sites for hydroxylation is 4. The van der Waals surface area contributed by atoms with Gasteiger partial charge in [0.2, 0.25) is 0 Å². The smallest absolute Gasteiger partial charge is 0.399 e. The van der Waals surface area contributed by atoms with Crippen LogP contribution in [0.5, 0.6) is 5.75 Å². The largest absolute Gasteiger partial charge is 0.534 e. The molecule has 2 saturated carbocycles. The second-order valence-corrected chi connectivity index (χ2v) is 23.9. The van der Waals surface area contributed by atoms with Gasteiger partial charge in [-0.1, -0.05) is 163 Å². The fourth-order valence-corrected chi connectivity index (χ4v) is 11.9. The van der Waals surface area contributed by atoms with Crippen molar-refractivity contribution in [2.75, 3.05) is 0 Å². The monoisotopic (exact) mass is 1030 g/mol. The number of halogens is 3. The highest BCUT2D eigenvalue weighted by atomic mass is 32.2. The zero-order valence-electron chi connectivity index (χ0n) is 45.7. The summed E-state index contributed by atoms with van der Waals surface area (Å²) < 4.78 is 78.3. The summed E-state index contributed by atoms with van der Waals surface area (Å²) in [5.41, 5.74) is 3.74. The maximum absolute atomic E-state index is 12.8. The first kappa shape index (κ1) is 58.1. The number of benzene rings is 4. The van der Waals surface area contributed by atoms with Gasteiger partial charge >= 0.3 is 22.7 Å². The molecule has 0 spiro atoms. The number of hydrogen-bond donors (Lipinski definition) is 2. The van der Waals surface area contributed by atoms with Crippen LogP contribution in [0.4, 0.5) is 13.2 Å². The Morgan fingerprint density at radius 3 is 1.26 bits per heavy atom. The summed E-state index contributed by atoms with van der Waals surface area (Å²) in [6.45, 7) is 25.0. The van der Waals surface area contributed by atoms with E-state index in [1.807, 2.05) is 31.2 Å². The minimum absolute atomic E-state index is 0.0617. The summed E-state index contributed by atoms with van der Waals surface area (Å²) in [5.74, 6) is -0.338. The molecule has 4 aromatic carbocycles. The molecule has 3 aliphatic rings. The molecule has 73 heavy (non-hydrogen) atoms. The molecule has 2 N–H and O–H groups in total. The molecule has 7 rings (SSSR count). The lowest BCUT2D eigenvalue weighted by molar-refractivity contribution is -0.0500. The van der Waals surface area contributed by atoms with Crippen molar-refractivity contribution in [2.45, 2.75) is 212 Å². The predicted octanol–water partition coefficient (Wildman–Crippen LogP) is 14.8. The predicted molar refractivity (Wildman–Crippen MR) is 293 cm³/mol. The molecule has 3 fully saturated rings. The van der Waals surface area contributed by atoms with Crippen LogP contribution < -0.4 is 9.65 Å². The van der Waals surface area contributed by atoms with Gasteiger partial charge in [0, 0.05) is 10.8 Å². The Labute approximate surface area is 436 Å². The van der Waals surface area contributed by atoms with Gasteiger partial charge in [0.15, 0.2) is 0 Å². The normalized spacial score (nSPS) is 19.0. The molecule has 1 aliphatic heterocycles. The highest BCUT2D eigenvalue weighted by molar-refractivity contribution is 7.88. The van der Waals surface area contributed by atoms with Crippen molar-refractivity contribution in [3.05, 3.63) is 141 Å². The molecule has 7 nitrogen and oxygen atoms in total. The highest BCUT2D eigenvalue weighted by Crippen LogP contribution is 2.44. The molecular formula is C61H82BF3O7S. The summed E-state index contributed by atoms with van der Waals surface area (Å²) in [6.07, 6.45) is 21.6. The topological polar surface area (TPSA) is 102 Å². The Bertz CT molecular complexity index is 2700. The van der Waals surface area contributed by atoms with Crippen molar-refractivity contribution in [1.82, 2.24) is 0 Å². The summed E-state index contributed by atoms with van der Waals surface area (Å²) in [4.78, 5) is 0. The van der Waals surface area contributed by atoms with Crippen molar-refractivity contribution in [2.24, 2.45) is 0 Å². The van der Waals surface area contributed by atoms with Gasteiger partial charge in [-0.2, -0.15) is 21.6 Å². The van der Waals surface area contributed by atoms with Crippen molar-refractivity contribution in [3.8, 4) is 5.75 Å². The molecule has 0 unspecified atom stereocenters. The number of alkyl halides is 3. The van der Waals surface area contributed by atoms with E-state index in [2.05, 4.69) is 128 Å². The SMILES string of the molecule is CCC(CC)(c1ccc(/C=C/C2(O)CCCCC2)c(C)c1)c1ccc(B2OC(C)(C)C(C)(C)O2)c(C)c1.CCC(CC)(c1ccc(/C=C/C2(O)CCCCC2)c(C)c1)c1ccc(OS(=O)(=O)C(F)(F)F)c(C)c1. The van der Waals surface area contributed by atoms with E-state index in [9.17, 15) is 31.8 Å². The molecule has 398 valence electrons. The lowest BCUT2D eigenvalue weighted by atomic mass is 9.68. The van der Waals surface area contributed by atoms with E-state index >= 15 is 0 Å². The molecule has 2 aliphatic carbocycles. The first-order valence-corrected chi connectivity index (χ1v) is 28.2. The van der Waals surface area contributed by atoms with Crippen molar-refractivity contribution < 1.29 is 45.3 Å². The Kier molecular flexibility index (Phi) is 18.0. The van der Waals surface area contributed by atoms with Crippen LogP contribution in [0.3, 0.4) is 0 Å². The molecule has 0 bridgehead atoms. The lowest BCUT2D eigenvalue weighted by Gasteiger charge is -2.34. The van der Waals surface area contributed by atoms with Crippen LogP contribution >= 0.6 is 0 Å². The van der Waals surface area contributed by atoms with Crippen LogP contribution in [-0.4, -0.2) is 53.7 Å². The van der Waals surface area contributed by atoms with Crippen LogP contribution in [0.25, 0.3) is 12.2 Å². The molecule has 1 heterocycles. The Morgan fingerprint density at radius 1 is 0.562 bits per heavy atom. The lowest BCUT2D eigenvalue weighted by Crippen LogP contribution is -2.41. The minimum atomic E-state index is -5.74. The maximum Gasteiger partial charge on any atom is 0.534 e. The minimum Gasteiger partial charge on any atom is -0.399 e. The van der Waals surface area contributed by atoms with E-state index in [1.54, 1.807) is 12.1 Å². The fourth-order valence-electron chi connectivity index (χ4n) is 11.4. The maximum atomic E-state index is 12.8. The molecule has 1 saturated heterocycles. The van der Waals surface area contributed by atoms with Crippen molar-refractivity contribution in [1.29, 1.82) is 0 Å². The van der Waals surface area contributed by atoms with E-state index in [0.717, 1.165) is 111 Å². The number of rotatable bonds is 15. The van der Waals surface area contributed by atoms with Gasteiger partial charge in [-0.25, -0.2) is 0 Å². The third-order valence-electron chi connectivity index (χ3n) is 17.2. The van der Waals surface area contributed by atoms with Crippen LogP contribution in [0.1, 0.15) is 201 Å². The highest BCUT2D eigenvalue weighted by Gasteiger charge is 2.52. The second-order valence-electron chi connectivity index (χ2n) is 22.3. The zero-order valence-corrected chi connectivity index (χ0v) is 46.5. The number of hydrogen-bond acceptors (Lipinski definition) is 7. The molecular weight excluding hydrogens is 945 g/mol. The van der Waals surface area contributed by atoms with E-state index in [1.165, 1.54) is 47.2 Å². The van der Waals surface area contributed by atoms with E-state index in [0.29, 0.717) is 5.56 Å². The number of aliphatic hydroxyl groups is 2.